The molecule has 1 aliphatic heterocycles. The number of hydrogen-bond donors (Lipinski definition) is 0. The van der Waals surface area contributed by atoms with Crippen LogP contribution in [0.1, 0.15) is 40.7 Å². The fourth-order valence-electron chi connectivity index (χ4n) is 5.67. The number of Topliss-reactive ketones (excluding diaryl/α,β-unsaturated/α-hetero) is 1. The van der Waals surface area contributed by atoms with Gasteiger partial charge in [0.15, 0.2) is 23.2 Å². The van der Waals surface area contributed by atoms with Crippen LogP contribution in [0.15, 0.2) is 71.4 Å². The number of sulfonamides is 1. The molecular weight excluding hydrogens is 572 g/mol. The van der Waals surface area contributed by atoms with Gasteiger partial charge in [-0.2, -0.15) is 9.40 Å². The minimum absolute atomic E-state index is 0.0603. The Hall–Kier alpha value is -4.16. The lowest BCUT2D eigenvalue weighted by Crippen LogP contribution is -2.54. The molecule has 1 aliphatic carbocycles. The van der Waals surface area contributed by atoms with Crippen LogP contribution >= 0.6 is 0 Å². The van der Waals surface area contributed by atoms with Crippen LogP contribution in [0, 0.1) is 29.2 Å². The van der Waals surface area contributed by atoms with Crippen molar-refractivity contribution in [3.8, 4) is 5.69 Å². The first-order valence-electron chi connectivity index (χ1n) is 13.3. The third-order valence-corrected chi connectivity index (χ3v) is 9.68. The number of aryl methyl sites for hydroxylation is 1. The minimum atomic E-state index is -4.66. The first kappa shape index (κ1) is 28.0. The maximum absolute atomic E-state index is 14.1. The first-order valence-corrected chi connectivity index (χ1v) is 14.7. The van der Waals surface area contributed by atoms with Crippen molar-refractivity contribution < 1.29 is 30.8 Å². The highest BCUT2D eigenvalue weighted by atomic mass is 32.2. The highest BCUT2D eigenvalue weighted by Crippen LogP contribution is 2.41. The lowest BCUT2D eigenvalue weighted by Gasteiger charge is -2.42. The van der Waals surface area contributed by atoms with Gasteiger partial charge in [-0.05, 0) is 85.0 Å². The SMILES string of the molecule is CCc1ccnc(C(=O)[C@@H]2C3Cc4cnn(-c5ccc(F)cc5)c4C=C3CCN2S(=O)(=O)c2cc(F)c(F)c(F)c2)c1. The third kappa shape index (κ3) is 4.74. The maximum atomic E-state index is 14.1. The van der Waals surface area contributed by atoms with Crippen molar-refractivity contribution in [2.75, 3.05) is 6.54 Å². The van der Waals surface area contributed by atoms with Gasteiger partial charge in [-0.1, -0.05) is 12.5 Å². The molecule has 0 saturated carbocycles. The zero-order chi connectivity index (χ0) is 29.8. The van der Waals surface area contributed by atoms with E-state index in [9.17, 15) is 30.8 Å². The lowest BCUT2D eigenvalue weighted by molar-refractivity contribution is 0.0821. The van der Waals surface area contributed by atoms with Crippen LogP contribution in [0.5, 0.6) is 0 Å². The van der Waals surface area contributed by atoms with Crippen molar-refractivity contribution in [1.29, 1.82) is 0 Å². The molecule has 42 heavy (non-hydrogen) atoms. The largest absolute Gasteiger partial charge is 0.291 e. The summed E-state index contributed by atoms with van der Waals surface area (Å²) >= 11 is 0. The average Bonchev–Trinajstić information content (AvgIpc) is 3.40. The summed E-state index contributed by atoms with van der Waals surface area (Å²) in [5.41, 5.74) is 3.76. The number of ketones is 1. The number of carbonyl (C=O) groups excluding carboxylic acids is 1. The van der Waals surface area contributed by atoms with E-state index in [-0.39, 0.29) is 25.1 Å². The van der Waals surface area contributed by atoms with Crippen LogP contribution in [-0.2, 0) is 22.9 Å². The van der Waals surface area contributed by atoms with E-state index in [1.165, 1.54) is 18.3 Å². The van der Waals surface area contributed by atoms with Crippen molar-refractivity contribution in [2.24, 2.45) is 5.92 Å². The molecule has 2 aromatic heterocycles. The topological polar surface area (TPSA) is 85.2 Å². The summed E-state index contributed by atoms with van der Waals surface area (Å²) in [7, 11) is -4.66. The number of nitrogens with zero attached hydrogens (tertiary/aromatic N) is 4. The molecule has 1 saturated heterocycles. The Balaban J connectivity index is 1.45. The molecule has 6 rings (SSSR count). The second-order valence-electron chi connectivity index (χ2n) is 10.3. The Morgan fingerprint density at radius 2 is 1.74 bits per heavy atom. The number of halogens is 4. The molecule has 7 nitrogen and oxygen atoms in total. The standard InChI is InChI=1S/C30H24F4N4O3S/c1-2-17-7-9-35-26(11-17)30(39)29-23-12-19-16-36-38(21-5-3-20(31)4-6-21)27(19)13-18(23)8-10-37(29)42(40,41)22-14-24(32)28(34)25(33)15-22/h3-7,9,11,13-16,23,29H,2,8,10,12H2,1H3/t23?,29-/m0/s1. The van der Waals surface area contributed by atoms with Gasteiger partial charge in [-0.15, -0.1) is 0 Å². The van der Waals surface area contributed by atoms with Crippen LogP contribution in [0.25, 0.3) is 11.8 Å². The molecule has 3 heterocycles. The van der Waals surface area contributed by atoms with Crippen molar-refractivity contribution >= 4 is 21.9 Å². The number of piperidine rings is 1. The monoisotopic (exact) mass is 596 g/mol. The van der Waals surface area contributed by atoms with E-state index in [2.05, 4.69) is 10.1 Å². The Morgan fingerprint density at radius 3 is 2.43 bits per heavy atom. The van der Waals surface area contributed by atoms with Crippen LogP contribution in [0.4, 0.5) is 17.6 Å². The lowest BCUT2D eigenvalue weighted by atomic mass is 9.76. The van der Waals surface area contributed by atoms with Gasteiger partial charge in [0.25, 0.3) is 0 Å². The zero-order valence-electron chi connectivity index (χ0n) is 22.3. The van der Waals surface area contributed by atoms with Crippen LogP contribution < -0.4 is 0 Å². The summed E-state index contributed by atoms with van der Waals surface area (Å²) in [6.07, 6.45) is 6.02. The molecule has 1 fully saturated rings. The van der Waals surface area contributed by atoms with Gasteiger partial charge in [-0.3, -0.25) is 9.78 Å². The van der Waals surface area contributed by atoms with Crippen molar-refractivity contribution in [1.82, 2.24) is 19.1 Å². The van der Waals surface area contributed by atoms with Crippen molar-refractivity contribution in [3.63, 3.8) is 0 Å². The van der Waals surface area contributed by atoms with E-state index in [1.54, 1.807) is 35.1 Å². The molecule has 4 aromatic rings. The first-order chi connectivity index (χ1) is 20.1. The van der Waals surface area contributed by atoms with Gasteiger partial charge in [0.2, 0.25) is 10.0 Å². The van der Waals surface area contributed by atoms with E-state index in [0.717, 1.165) is 26.7 Å². The summed E-state index contributed by atoms with van der Waals surface area (Å²) in [4.78, 5) is 17.5. The Labute approximate surface area is 239 Å². The van der Waals surface area contributed by atoms with Crippen LogP contribution in [0.2, 0.25) is 0 Å². The Bertz CT molecular complexity index is 1830. The molecule has 2 aromatic carbocycles. The zero-order valence-corrected chi connectivity index (χ0v) is 23.1. The number of hydrogen-bond acceptors (Lipinski definition) is 5. The smallest absolute Gasteiger partial charge is 0.243 e. The fourth-order valence-corrected chi connectivity index (χ4v) is 7.32. The molecule has 2 aliphatic rings. The normalized spacial score (nSPS) is 18.7. The minimum Gasteiger partial charge on any atom is -0.291 e. The predicted molar refractivity (Wildman–Crippen MR) is 145 cm³/mol. The number of pyridine rings is 1. The summed E-state index contributed by atoms with van der Waals surface area (Å²) in [6, 6.07) is 8.70. The molecule has 0 N–H and O–H groups in total. The molecule has 0 spiro atoms. The molecule has 12 heteroatoms. The summed E-state index contributed by atoms with van der Waals surface area (Å²) in [6.45, 7) is 1.73. The average molecular weight is 597 g/mol. The number of fused-ring (bicyclic) bond motifs is 2. The second kappa shape index (κ2) is 10.6. The van der Waals surface area contributed by atoms with E-state index in [1.807, 2.05) is 13.0 Å². The molecule has 216 valence electrons. The summed E-state index contributed by atoms with van der Waals surface area (Å²) < 4.78 is 85.7. The van der Waals surface area contributed by atoms with Gasteiger partial charge >= 0.3 is 0 Å². The molecule has 0 bridgehead atoms. The highest BCUT2D eigenvalue weighted by Gasteiger charge is 2.47. The van der Waals surface area contributed by atoms with Crippen LogP contribution in [0.3, 0.4) is 0 Å². The van der Waals surface area contributed by atoms with Crippen LogP contribution in [-0.4, -0.2) is 45.9 Å². The second-order valence-corrected chi connectivity index (χ2v) is 12.1. The van der Waals surface area contributed by atoms with Gasteiger partial charge in [0, 0.05) is 18.7 Å². The molecule has 0 amide bonds. The molecule has 0 radical (unpaired) electrons. The summed E-state index contributed by atoms with van der Waals surface area (Å²) in [5, 5.41) is 4.45. The third-order valence-electron chi connectivity index (χ3n) is 7.83. The van der Waals surface area contributed by atoms with E-state index >= 15 is 0 Å². The Morgan fingerprint density at radius 1 is 1.02 bits per heavy atom. The molecular formula is C30H24F4N4O3S. The van der Waals surface area contributed by atoms with E-state index < -0.39 is 55.9 Å². The van der Waals surface area contributed by atoms with Gasteiger partial charge in [0.1, 0.15) is 11.5 Å². The van der Waals surface area contributed by atoms with E-state index in [0.29, 0.717) is 24.2 Å². The highest BCUT2D eigenvalue weighted by molar-refractivity contribution is 7.89. The van der Waals surface area contributed by atoms with Gasteiger partial charge < -0.3 is 0 Å². The molecule has 2 atom stereocenters. The molecule has 1 unspecified atom stereocenters. The van der Waals surface area contributed by atoms with Gasteiger partial charge in [0.05, 0.1) is 28.5 Å². The van der Waals surface area contributed by atoms with Crippen molar-refractivity contribution in [3.05, 3.63) is 112 Å². The van der Waals surface area contributed by atoms with Crippen molar-refractivity contribution in [2.45, 2.75) is 37.1 Å². The number of rotatable bonds is 6. The fraction of sp³-hybridized carbons (Fsp3) is 0.233. The number of benzene rings is 2. The summed E-state index contributed by atoms with van der Waals surface area (Å²) in [5.74, 6) is -6.69. The number of carbonyl (C=O) groups is 1. The quantitative estimate of drug-likeness (QED) is 0.172. The maximum Gasteiger partial charge on any atom is 0.243 e. The number of aromatic nitrogens is 3. The predicted octanol–water partition coefficient (Wildman–Crippen LogP) is 5.29. The van der Waals surface area contributed by atoms with E-state index in [4.69, 9.17) is 0 Å². The Kier molecular flexibility index (Phi) is 7.06. The van der Waals surface area contributed by atoms with Gasteiger partial charge in [-0.25, -0.2) is 30.7 Å².